The van der Waals surface area contributed by atoms with Gasteiger partial charge in [-0.25, -0.2) is 0 Å². The Labute approximate surface area is 89.7 Å². The van der Waals surface area contributed by atoms with Gasteiger partial charge in [0.25, 0.3) is 0 Å². The zero-order valence-electron chi connectivity index (χ0n) is 9.23. The van der Waals surface area contributed by atoms with Crippen LogP contribution in [0.15, 0.2) is 12.3 Å². The number of rotatable bonds is 4. The van der Waals surface area contributed by atoms with Crippen molar-refractivity contribution in [3.05, 3.63) is 18.0 Å². The van der Waals surface area contributed by atoms with E-state index >= 15 is 0 Å². The third kappa shape index (κ3) is 2.37. The van der Waals surface area contributed by atoms with Crippen LogP contribution in [0, 0.1) is 5.92 Å². The Bertz CT molecular complexity index is 354. The van der Waals surface area contributed by atoms with E-state index in [9.17, 15) is 4.79 Å². The van der Waals surface area contributed by atoms with E-state index in [2.05, 4.69) is 10.4 Å². The lowest BCUT2D eigenvalue weighted by Crippen LogP contribution is -2.28. The van der Waals surface area contributed by atoms with E-state index in [1.807, 2.05) is 30.8 Å². The van der Waals surface area contributed by atoms with E-state index in [0.717, 1.165) is 25.1 Å². The molecule has 82 valence electrons. The van der Waals surface area contributed by atoms with Crippen molar-refractivity contribution in [3.63, 3.8) is 0 Å². The first kappa shape index (κ1) is 10.2. The molecule has 1 aromatic heterocycles. The zero-order valence-corrected chi connectivity index (χ0v) is 9.23. The molecular weight excluding hydrogens is 190 g/mol. The molecule has 1 saturated carbocycles. The Kier molecular flexibility index (Phi) is 2.75. The van der Waals surface area contributed by atoms with Gasteiger partial charge in [0.05, 0.1) is 11.7 Å². The summed E-state index contributed by atoms with van der Waals surface area (Å²) < 4.78 is 1.87. The number of nitrogens with zero attached hydrogens (tertiary/aromatic N) is 2. The highest BCUT2D eigenvalue weighted by molar-refractivity contribution is 5.81. The van der Waals surface area contributed by atoms with Gasteiger partial charge in [0.2, 0.25) is 5.91 Å². The van der Waals surface area contributed by atoms with Crippen LogP contribution in [-0.2, 0) is 11.3 Å². The van der Waals surface area contributed by atoms with Crippen molar-refractivity contribution >= 4 is 5.91 Å². The molecule has 2 rings (SSSR count). The summed E-state index contributed by atoms with van der Waals surface area (Å²) >= 11 is 0. The lowest BCUT2D eigenvalue weighted by molar-refractivity contribution is -0.122. The van der Waals surface area contributed by atoms with E-state index < -0.39 is 0 Å². The highest BCUT2D eigenvalue weighted by Crippen LogP contribution is 2.29. The van der Waals surface area contributed by atoms with Gasteiger partial charge >= 0.3 is 0 Å². The van der Waals surface area contributed by atoms with Crippen molar-refractivity contribution in [2.24, 2.45) is 5.92 Å². The van der Waals surface area contributed by atoms with E-state index in [1.54, 1.807) is 0 Å². The Morgan fingerprint density at radius 1 is 1.73 bits per heavy atom. The third-order valence-electron chi connectivity index (χ3n) is 2.74. The Morgan fingerprint density at radius 2 is 2.47 bits per heavy atom. The van der Waals surface area contributed by atoms with Gasteiger partial charge in [0.1, 0.15) is 0 Å². The monoisotopic (exact) mass is 207 g/mol. The standard InChI is InChI=1S/C11H17N3O/c1-3-14-7-6-10(13-14)8(2)12-11(15)9-4-5-9/h6-9H,3-5H2,1-2H3,(H,12,15). The van der Waals surface area contributed by atoms with Gasteiger partial charge in [0.15, 0.2) is 0 Å². The SMILES string of the molecule is CCn1ccc(C(C)NC(=O)C2CC2)n1. The lowest BCUT2D eigenvalue weighted by atomic mass is 10.2. The van der Waals surface area contributed by atoms with Gasteiger partial charge < -0.3 is 5.32 Å². The number of nitrogens with one attached hydrogen (secondary N) is 1. The molecule has 1 unspecified atom stereocenters. The predicted octanol–water partition coefficient (Wildman–Crippen LogP) is 1.49. The molecule has 4 heteroatoms. The van der Waals surface area contributed by atoms with Gasteiger partial charge in [-0.15, -0.1) is 0 Å². The molecule has 1 atom stereocenters. The summed E-state index contributed by atoms with van der Waals surface area (Å²) in [4.78, 5) is 11.5. The number of aryl methyl sites for hydroxylation is 1. The van der Waals surface area contributed by atoms with E-state index in [-0.39, 0.29) is 17.9 Å². The number of carbonyl (C=O) groups is 1. The first-order chi connectivity index (χ1) is 7.20. The number of hydrogen-bond acceptors (Lipinski definition) is 2. The molecule has 0 aliphatic heterocycles. The molecule has 0 spiro atoms. The number of carbonyl (C=O) groups excluding carboxylic acids is 1. The topological polar surface area (TPSA) is 46.9 Å². The largest absolute Gasteiger partial charge is 0.348 e. The van der Waals surface area contributed by atoms with Gasteiger partial charge in [0, 0.05) is 18.7 Å². The highest BCUT2D eigenvalue weighted by atomic mass is 16.2. The highest BCUT2D eigenvalue weighted by Gasteiger charge is 2.30. The van der Waals surface area contributed by atoms with E-state index in [0.29, 0.717) is 0 Å². The van der Waals surface area contributed by atoms with Crippen LogP contribution in [0.5, 0.6) is 0 Å². The molecule has 1 aliphatic carbocycles. The first-order valence-electron chi connectivity index (χ1n) is 5.54. The van der Waals surface area contributed by atoms with Gasteiger partial charge in [-0.3, -0.25) is 9.48 Å². The van der Waals surface area contributed by atoms with Crippen molar-refractivity contribution in [1.29, 1.82) is 0 Å². The van der Waals surface area contributed by atoms with Crippen LogP contribution in [0.3, 0.4) is 0 Å². The third-order valence-corrected chi connectivity index (χ3v) is 2.74. The molecule has 1 aliphatic rings. The van der Waals surface area contributed by atoms with Crippen LogP contribution in [0.4, 0.5) is 0 Å². The Balaban J connectivity index is 1.94. The van der Waals surface area contributed by atoms with Crippen molar-refractivity contribution in [2.45, 2.75) is 39.3 Å². The predicted molar refractivity (Wildman–Crippen MR) is 57.2 cm³/mol. The summed E-state index contributed by atoms with van der Waals surface area (Å²) in [7, 11) is 0. The van der Waals surface area contributed by atoms with Crippen LogP contribution < -0.4 is 5.32 Å². The Hall–Kier alpha value is -1.32. The second-order valence-electron chi connectivity index (χ2n) is 4.10. The van der Waals surface area contributed by atoms with Gasteiger partial charge in [-0.2, -0.15) is 5.10 Å². The van der Waals surface area contributed by atoms with Crippen LogP contribution in [-0.4, -0.2) is 15.7 Å². The second kappa shape index (κ2) is 4.04. The molecule has 15 heavy (non-hydrogen) atoms. The number of hydrogen-bond donors (Lipinski definition) is 1. The smallest absolute Gasteiger partial charge is 0.223 e. The second-order valence-corrected chi connectivity index (χ2v) is 4.10. The molecule has 0 radical (unpaired) electrons. The summed E-state index contributed by atoms with van der Waals surface area (Å²) in [5, 5.41) is 7.34. The fraction of sp³-hybridized carbons (Fsp3) is 0.636. The van der Waals surface area contributed by atoms with Crippen LogP contribution in [0.1, 0.15) is 38.4 Å². The summed E-state index contributed by atoms with van der Waals surface area (Å²) in [5.41, 5.74) is 0.936. The molecule has 1 N–H and O–H groups in total. The van der Waals surface area contributed by atoms with E-state index in [1.165, 1.54) is 0 Å². The maximum atomic E-state index is 11.5. The van der Waals surface area contributed by atoms with Crippen molar-refractivity contribution in [1.82, 2.24) is 15.1 Å². The first-order valence-corrected chi connectivity index (χ1v) is 5.54. The summed E-state index contributed by atoms with van der Waals surface area (Å²) in [6, 6.07) is 1.98. The molecule has 1 amide bonds. The summed E-state index contributed by atoms with van der Waals surface area (Å²) in [5.74, 6) is 0.439. The average Bonchev–Trinajstić information content (AvgIpc) is 2.96. The summed E-state index contributed by atoms with van der Waals surface area (Å²) in [6.45, 7) is 4.89. The average molecular weight is 207 g/mol. The van der Waals surface area contributed by atoms with Crippen LogP contribution >= 0.6 is 0 Å². The number of amides is 1. The minimum absolute atomic E-state index is 0.0194. The normalized spacial score (nSPS) is 17.5. The van der Waals surface area contributed by atoms with Gasteiger partial charge in [-0.05, 0) is 32.8 Å². The fourth-order valence-electron chi connectivity index (χ4n) is 1.54. The molecule has 4 nitrogen and oxygen atoms in total. The number of aromatic nitrogens is 2. The molecule has 1 heterocycles. The van der Waals surface area contributed by atoms with Crippen LogP contribution in [0.25, 0.3) is 0 Å². The van der Waals surface area contributed by atoms with Crippen molar-refractivity contribution in [3.8, 4) is 0 Å². The molecule has 0 aromatic carbocycles. The molecular formula is C11H17N3O. The molecule has 1 aromatic rings. The van der Waals surface area contributed by atoms with Crippen molar-refractivity contribution < 1.29 is 4.79 Å². The summed E-state index contributed by atoms with van der Waals surface area (Å²) in [6.07, 6.45) is 4.03. The fourth-order valence-corrected chi connectivity index (χ4v) is 1.54. The molecule has 0 saturated heterocycles. The van der Waals surface area contributed by atoms with E-state index in [4.69, 9.17) is 0 Å². The van der Waals surface area contributed by atoms with Gasteiger partial charge in [-0.1, -0.05) is 0 Å². The Morgan fingerprint density at radius 3 is 3.00 bits per heavy atom. The maximum Gasteiger partial charge on any atom is 0.223 e. The molecule has 1 fully saturated rings. The minimum Gasteiger partial charge on any atom is -0.348 e. The quantitative estimate of drug-likeness (QED) is 0.813. The molecule has 0 bridgehead atoms. The minimum atomic E-state index is 0.0194. The van der Waals surface area contributed by atoms with Crippen LogP contribution in [0.2, 0.25) is 0 Å². The lowest BCUT2D eigenvalue weighted by Gasteiger charge is -2.10. The zero-order chi connectivity index (χ0) is 10.8. The van der Waals surface area contributed by atoms with Crippen molar-refractivity contribution in [2.75, 3.05) is 0 Å². The maximum absolute atomic E-state index is 11.5.